The zero-order valence-electron chi connectivity index (χ0n) is 5.71. The van der Waals surface area contributed by atoms with Crippen LogP contribution in [0, 0.1) is 0 Å². The number of rotatable bonds is 3. The van der Waals surface area contributed by atoms with Gasteiger partial charge in [-0.1, -0.05) is 12.1 Å². The quantitative estimate of drug-likeness (QED) is 0.742. The molecule has 1 rings (SSSR count). The summed E-state index contributed by atoms with van der Waals surface area (Å²) in [6.45, 7) is 0. The van der Waals surface area contributed by atoms with E-state index < -0.39 is 0 Å². The number of hydrogen-bond donors (Lipinski definition) is 0. The van der Waals surface area contributed by atoms with E-state index in [2.05, 4.69) is 15.9 Å². The van der Waals surface area contributed by atoms with Crippen LogP contribution < -0.4 is 0 Å². The van der Waals surface area contributed by atoms with Crippen LogP contribution in [-0.4, -0.2) is 12.0 Å². The zero-order chi connectivity index (χ0) is 8.10. The third-order valence-corrected chi connectivity index (χ3v) is 3.01. The highest BCUT2D eigenvalue weighted by Crippen LogP contribution is 2.25. The van der Waals surface area contributed by atoms with Crippen molar-refractivity contribution < 1.29 is 4.79 Å². The van der Waals surface area contributed by atoms with E-state index in [9.17, 15) is 4.79 Å². The van der Waals surface area contributed by atoms with Crippen molar-refractivity contribution in [2.24, 2.45) is 0 Å². The van der Waals surface area contributed by atoms with Crippen molar-refractivity contribution in [2.75, 3.05) is 5.75 Å². The van der Waals surface area contributed by atoms with Gasteiger partial charge in [0.15, 0.2) is 0 Å². The van der Waals surface area contributed by atoms with E-state index in [1.807, 2.05) is 30.6 Å². The van der Waals surface area contributed by atoms with Crippen molar-refractivity contribution in [3.05, 3.63) is 28.7 Å². The summed E-state index contributed by atoms with van der Waals surface area (Å²) in [6, 6.07) is 7.80. The fourth-order valence-corrected chi connectivity index (χ4v) is 1.89. The van der Waals surface area contributed by atoms with E-state index in [0.29, 0.717) is 5.75 Å². The van der Waals surface area contributed by atoms with Gasteiger partial charge in [0.1, 0.15) is 0 Å². The molecule has 0 aliphatic carbocycles. The molecule has 11 heavy (non-hydrogen) atoms. The van der Waals surface area contributed by atoms with Crippen LogP contribution in [0.1, 0.15) is 0 Å². The molecule has 0 N–H and O–H groups in total. The topological polar surface area (TPSA) is 17.1 Å². The predicted molar refractivity (Wildman–Crippen MR) is 50.6 cm³/mol. The molecule has 0 heterocycles. The van der Waals surface area contributed by atoms with Gasteiger partial charge in [-0.2, -0.15) is 0 Å². The second-order valence-corrected chi connectivity index (χ2v) is 3.73. The van der Waals surface area contributed by atoms with Crippen LogP contribution in [0.5, 0.6) is 0 Å². The van der Waals surface area contributed by atoms with Gasteiger partial charge >= 0.3 is 0 Å². The van der Waals surface area contributed by atoms with Gasteiger partial charge in [-0.3, -0.25) is 4.79 Å². The number of hydrogen-bond acceptors (Lipinski definition) is 2. The van der Waals surface area contributed by atoms with Gasteiger partial charge in [0.05, 0.1) is 5.75 Å². The van der Waals surface area contributed by atoms with Crippen LogP contribution in [0.4, 0.5) is 0 Å². The summed E-state index contributed by atoms with van der Waals surface area (Å²) in [4.78, 5) is 11.0. The van der Waals surface area contributed by atoms with E-state index >= 15 is 0 Å². The minimum Gasteiger partial charge on any atom is -0.290 e. The summed E-state index contributed by atoms with van der Waals surface area (Å²) in [5.41, 5.74) is 0. The maximum atomic E-state index is 9.93. The van der Waals surface area contributed by atoms with Crippen LogP contribution in [0.2, 0.25) is 0 Å². The fourth-order valence-electron chi connectivity index (χ4n) is 0.669. The molecule has 1 aromatic carbocycles. The minimum absolute atomic E-state index is 0.391. The fraction of sp³-hybridized carbons (Fsp3) is 0.125. The van der Waals surface area contributed by atoms with Crippen molar-refractivity contribution in [1.82, 2.24) is 0 Å². The monoisotopic (exact) mass is 229 g/mol. The molecular weight excluding hydrogens is 224 g/mol. The first-order valence-electron chi connectivity index (χ1n) is 3.07. The molecule has 0 fully saturated rings. The molecule has 0 unspecified atom stereocenters. The Labute approximate surface area is 78.3 Å². The Hall–Kier alpha value is -0.280. The number of halogens is 1. The highest BCUT2D eigenvalue weighted by molar-refractivity contribution is 9.10. The summed E-state index contributed by atoms with van der Waals surface area (Å²) in [7, 11) is 0. The van der Waals surface area contributed by atoms with E-state index in [1.165, 1.54) is 11.8 Å². The summed E-state index contributed by atoms with van der Waals surface area (Å²) in [6.07, 6.45) is 1.84. The Kier molecular flexibility index (Phi) is 3.66. The minimum atomic E-state index is 0.391. The molecule has 0 bridgehead atoms. The summed E-state index contributed by atoms with van der Waals surface area (Å²) < 4.78 is 1.03. The molecule has 1 aromatic rings. The molecule has 0 aromatic heterocycles. The van der Waals surface area contributed by atoms with E-state index in [1.54, 1.807) is 0 Å². The number of carbonyl (C=O) groups excluding carboxylic acids is 1. The third-order valence-electron chi connectivity index (χ3n) is 1.12. The smallest absolute Gasteiger partial charge is 0.209 e. The summed E-state index contributed by atoms with van der Waals surface area (Å²) >= 11 is 4.85. The van der Waals surface area contributed by atoms with Crippen molar-refractivity contribution in [1.29, 1.82) is 0 Å². The van der Waals surface area contributed by atoms with Crippen molar-refractivity contribution >= 4 is 34.0 Å². The maximum Gasteiger partial charge on any atom is 0.209 e. The van der Waals surface area contributed by atoms with Gasteiger partial charge in [0.25, 0.3) is 0 Å². The van der Waals surface area contributed by atoms with Crippen LogP contribution >= 0.6 is 27.7 Å². The molecule has 3 heteroatoms. The van der Waals surface area contributed by atoms with Gasteiger partial charge in [0, 0.05) is 9.37 Å². The summed E-state index contributed by atoms with van der Waals surface area (Å²) in [5.74, 6) is 0.391. The third kappa shape index (κ3) is 2.67. The lowest BCUT2D eigenvalue weighted by Gasteiger charge is -1.98. The largest absolute Gasteiger partial charge is 0.290 e. The van der Waals surface area contributed by atoms with Crippen molar-refractivity contribution in [3.8, 4) is 0 Å². The predicted octanol–water partition coefficient (Wildman–Crippen LogP) is 2.65. The van der Waals surface area contributed by atoms with E-state index in [-0.39, 0.29) is 0 Å². The normalized spacial score (nSPS) is 9.55. The van der Waals surface area contributed by atoms with Gasteiger partial charge < -0.3 is 0 Å². The first kappa shape index (κ1) is 8.81. The Balaban J connectivity index is 2.69. The first-order valence-corrected chi connectivity index (χ1v) is 4.85. The lowest BCUT2D eigenvalue weighted by molar-refractivity contribution is 0.560. The van der Waals surface area contributed by atoms with E-state index in [0.717, 1.165) is 9.37 Å². The first-order chi connectivity index (χ1) is 5.34. The van der Waals surface area contributed by atoms with Crippen molar-refractivity contribution in [2.45, 2.75) is 4.90 Å². The highest BCUT2D eigenvalue weighted by Gasteiger charge is 1.96. The Morgan fingerprint density at radius 3 is 2.82 bits per heavy atom. The van der Waals surface area contributed by atoms with Gasteiger partial charge in [-0.05, 0) is 28.1 Å². The van der Waals surface area contributed by atoms with Crippen LogP contribution in [0.3, 0.4) is 0 Å². The standard InChI is InChI=1S/C8H6BrOS/c9-7-3-1-2-4-8(7)11-6-5-10/h1-4H,6H2. The second kappa shape index (κ2) is 4.57. The Morgan fingerprint density at radius 1 is 1.45 bits per heavy atom. The lowest BCUT2D eigenvalue weighted by atomic mass is 10.4. The van der Waals surface area contributed by atoms with E-state index in [4.69, 9.17) is 0 Å². The molecule has 0 atom stereocenters. The zero-order valence-corrected chi connectivity index (χ0v) is 8.11. The van der Waals surface area contributed by atoms with Crippen molar-refractivity contribution in [3.63, 3.8) is 0 Å². The average molecular weight is 230 g/mol. The van der Waals surface area contributed by atoms with Gasteiger partial charge in [0.2, 0.25) is 6.29 Å². The molecule has 0 aliphatic heterocycles. The maximum absolute atomic E-state index is 9.93. The molecular formula is C8H6BrOS. The molecule has 0 amide bonds. The molecule has 1 nitrogen and oxygen atoms in total. The number of benzene rings is 1. The average Bonchev–Trinajstić information content (AvgIpc) is 2.03. The molecule has 0 spiro atoms. The Morgan fingerprint density at radius 2 is 2.18 bits per heavy atom. The van der Waals surface area contributed by atoms with Crippen LogP contribution in [0.25, 0.3) is 0 Å². The van der Waals surface area contributed by atoms with Crippen LogP contribution in [0.15, 0.2) is 33.6 Å². The van der Waals surface area contributed by atoms with Crippen LogP contribution in [-0.2, 0) is 4.79 Å². The van der Waals surface area contributed by atoms with Gasteiger partial charge in [-0.15, -0.1) is 11.8 Å². The SMILES string of the molecule is O=[C]CSc1ccccc1Br. The lowest BCUT2D eigenvalue weighted by Crippen LogP contribution is -1.79. The number of thioether (sulfide) groups is 1. The molecule has 57 valence electrons. The highest BCUT2D eigenvalue weighted by atomic mass is 79.9. The second-order valence-electron chi connectivity index (χ2n) is 1.86. The van der Waals surface area contributed by atoms with Gasteiger partial charge in [-0.25, -0.2) is 0 Å². The Bertz CT molecular complexity index is 250. The molecule has 0 aliphatic rings. The molecule has 0 saturated heterocycles. The molecule has 0 saturated carbocycles. The molecule has 1 radical (unpaired) electrons. The summed E-state index contributed by atoms with van der Waals surface area (Å²) in [5, 5.41) is 0.